The second kappa shape index (κ2) is 5.57. The quantitative estimate of drug-likeness (QED) is 0.917. The summed E-state index contributed by atoms with van der Waals surface area (Å²) in [6.07, 6.45) is 1.53. The number of benzene rings is 2. The van der Waals surface area contributed by atoms with Crippen LogP contribution < -0.4 is 4.31 Å². The van der Waals surface area contributed by atoms with Crippen LogP contribution in [-0.2, 0) is 16.4 Å². The van der Waals surface area contributed by atoms with E-state index in [9.17, 15) is 13.5 Å². The fourth-order valence-electron chi connectivity index (χ4n) is 3.52. The number of phenols is 1. The normalized spacial score (nSPS) is 14.7. The molecule has 0 bridgehead atoms. The first-order valence-corrected chi connectivity index (χ1v) is 9.18. The van der Waals surface area contributed by atoms with Gasteiger partial charge < -0.3 is 5.11 Å². The molecule has 0 aromatic heterocycles. The van der Waals surface area contributed by atoms with Crippen LogP contribution in [0, 0.1) is 20.8 Å². The van der Waals surface area contributed by atoms with E-state index in [4.69, 9.17) is 0 Å². The van der Waals surface area contributed by atoms with Crippen LogP contribution in [0.5, 0.6) is 5.75 Å². The summed E-state index contributed by atoms with van der Waals surface area (Å²) in [5.74, 6) is 0.0215. The molecule has 2 aromatic rings. The number of aryl methyl sites for hydroxylation is 4. The van der Waals surface area contributed by atoms with E-state index < -0.39 is 10.0 Å². The van der Waals surface area contributed by atoms with E-state index in [1.807, 2.05) is 39.0 Å². The molecular weight excluding hydrogens is 310 g/mol. The second-order valence-corrected chi connectivity index (χ2v) is 7.99. The van der Waals surface area contributed by atoms with Gasteiger partial charge in [0.1, 0.15) is 5.75 Å². The molecular formula is C18H21NO3S. The highest BCUT2D eigenvalue weighted by Crippen LogP contribution is 2.39. The largest absolute Gasteiger partial charge is 0.506 e. The van der Waals surface area contributed by atoms with Gasteiger partial charge in [-0.2, -0.15) is 0 Å². The van der Waals surface area contributed by atoms with Crippen LogP contribution in [0.1, 0.15) is 28.7 Å². The van der Waals surface area contributed by atoms with Crippen molar-refractivity contribution in [3.8, 4) is 5.75 Å². The number of aromatic hydroxyl groups is 1. The van der Waals surface area contributed by atoms with E-state index in [0.717, 1.165) is 35.1 Å². The average Bonchev–Trinajstić information content (AvgIpc) is 2.45. The number of sulfonamides is 1. The number of hydrogen-bond donors (Lipinski definition) is 1. The van der Waals surface area contributed by atoms with Gasteiger partial charge in [-0.25, -0.2) is 8.42 Å². The number of nitrogens with zero attached hydrogens (tertiary/aromatic N) is 1. The van der Waals surface area contributed by atoms with Crippen molar-refractivity contribution in [3.05, 3.63) is 52.6 Å². The lowest BCUT2D eigenvalue weighted by atomic mass is 10.0. The molecule has 0 atom stereocenters. The van der Waals surface area contributed by atoms with E-state index >= 15 is 0 Å². The molecule has 1 aliphatic heterocycles. The van der Waals surface area contributed by atoms with Gasteiger partial charge in [0.15, 0.2) is 0 Å². The molecule has 0 saturated carbocycles. The van der Waals surface area contributed by atoms with Crippen LogP contribution in [0.4, 0.5) is 5.69 Å². The molecule has 0 radical (unpaired) electrons. The molecule has 5 heteroatoms. The van der Waals surface area contributed by atoms with E-state index in [0.29, 0.717) is 17.1 Å². The smallest absolute Gasteiger partial charge is 0.264 e. The number of anilines is 1. The van der Waals surface area contributed by atoms with Crippen molar-refractivity contribution < 1.29 is 13.5 Å². The molecule has 1 N–H and O–H groups in total. The molecule has 0 aliphatic carbocycles. The predicted octanol–water partition coefficient (Wildman–Crippen LogP) is 3.46. The minimum Gasteiger partial charge on any atom is -0.506 e. The van der Waals surface area contributed by atoms with Gasteiger partial charge in [-0.3, -0.25) is 4.31 Å². The van der Waals surface area contributed by atoms with Gasteiger partial charge in [-0.15, -0.1) is 0 Å². The molecule has 4 nitrogen and oxygen atoms in total. The molecule has 3 rings (SSSR count). The molecule has 1 heterocycles. The lowest BCUT2D eigenvalue weighted by Crippen LogP contribution is -2.36. The molecule has 0 fully saturated rings. The number of para-hydroxylation sites is 1. The number of rotatable bonds is 2. The molecule has 0 saturated heterocycles. The molecule has 0 unspecified atom stereocenters. The Labute approximate surface area is 137 Å². The molecule has 2 aromatic carbocycles. The molecule has 1 aliphatic rings. The Morgan fingerprint density at radius 1 is 1.09 bits per heavy atom. The van der Waals surface area contributed by atoms with Gasteiger partial charge in [-0.05, 0) is 56.4 Å². The predicted molar refractivity (Wildman–Crippen MR) is 91.6 cm³/mol. The van der Waals surface area contributed by atoms with Crippen LogP contribution in [0.25, 0.3) is 0 Å². The van der Waals surface area contributed by atoms with Crippen LogP contribution in [-0.4, -0.2) is 20.1 Å². The monoisotopic (exact) mass is 331 g/mol. The Morgan fingerprint density at radius 2 is 1.74 bits per heavy atom. The average molecular weight is 331 g/mol. The Kier molecular flexibility index (Phi) is 3.84. The van der Waals surface area contributed by atoms with Gasteiger partial charge in [0.05, 0.1) is 10.6 Å². The standard InChI is InChI=1S/C18H21NO3S/c1-12-10-13(2)18(14(3)11-12)23(21,22)19-9-5-7-15-6-4-8-16(20)17(15)19/h4,6,8,10-11,20H,5,7,9H2,1-3H3. The second-order valence-electron chi connectivity index (χ2n) is 6.19. The first-order valence-electron chi connectivity index (χ1n) is 7.74. The van der Waals surface area contributed by atoms with Crippen molar-refractivity contribution in [1.29, 1.82) is 0 Å². The molecule has 0 spiro atoms. The Bertz CT molecular complexity index is 849. The van der Waals surface area contributed by atoms with E-state index in [1.165, 1.54) is 4.31 Å². The zero-order valence-electron chi connectivity index (χ0n) is 13.6. The first kappa shape index (κ1) is 15.9. The zero-order valence-corrected chi connectivity index (χ0v) is 14.4. The highest BCUT2D eigenvalue weighted by molar-refractivity contribution is 7.93. The Hall–Kier alpha value is -2.01. The summed E-state index contributed by atoms with van der Waals surface area (Å²) in [4.78, 5) is 0.346. The highest BCUT2D eigenvalue weighted by Gasteiger charge is 2.33. The Morgan fingerprint density at radius 3 is 2.39 bits per heavy atom. The maximum atomic E-state index is 13.3. The fraction of sp³-hybridized carbons (Fsp3) is 0.333. The SMILES string of the molecule is Cc1cc(C)c(S(=O)(=O)N2CCCc3cccc(O)c32)c(C)c1. The van der Waals surface area contributed by atoms with Crippen molar-refractivity contribution in [2.75, 3.05) is 10.8 Å². The minimum absolute atomic E-state index is 0.0215. The van der Waals surface area contributed by atoms with E-state index in [1.54, 1.807) is 12.1 Å². The molecule has 122 valence electrons. The van der Waals surface area contributed by atoms with Crippen LogP contribution in [0.2, 0.25) is 0 Å². The lowest BCUT2D eigenvalue weighted by Gasteiger charge is -2.32. The first-order chi connectivity index (χ1) is 10.8. The van der Waals surface area contributed by atoms with Gasteiger partial charge >= 0.3 is 0 Å². The third-order valence-corrected chi connectivity index (χ3v) is 6.41. The van der Waals surface area contributed by atoms with Crippen molar-refractivity contribution in [2.24, 2.45) is 0 Å². The maximum Gasteiger partial charge on any atom is 0.264 e. The summed E-state index contributed by atoms with van der Waals surface area (Å²) in [5.41, 5.74) is 3.83. The van der Waals surface area contributed by atoms with Crippen molar-refractivity contribution in [2.45, 2.75) is 38.5 Å². The van der Waals surface area contributed by atoms with Gasteiger partial charge in [-0.1, -0.05) is 29.8 Å². The van der Waals surface area contributed by atoms with Crippen molar-refractivity contribution in [1.82, 2.24) is 0 Å². The summed E-state index contributed by atoms with van der Waals surface area (Å²) in [6.45, 7) is 5.99. The third-order valence-electron chi connectivity index (χ3n) is 4.31. The van der Waals surface area contributed by atoms with Crippen LogP contribution in [0.15, 0.2) is 35.2 Å². The number of hydrogen-bond acceptors (Lipinski definition) is 3. The van der Waals surface area contributed by atoms with Gasteiger partial charge in [0, 0.05) is 6.54 Å². The van der Waals surface area contributed by atoms with Crippen molar-refractivity contribution in [3.63, 3.8) is 0 Å². The minimum atomic E-state index is -3.70. The lowest BCUT2D eigenvalue weighted by molar-refractivity contribution is 0.472. The van der Waals surface area contributed by atoms with E-state index in [-0.39, 0.29) is 5.75 Å². The molecule has 0 amide bonds. The summed E-state index contributed by atoms with van der Waals surface area (Å²) < 4.78 is 27.9. The van der Waals surface area contributed by atoms with Crippen LogP contribution >= 0.6 is 0 Å². The number of fused-ring (bicyclic) bond motifs is 1. The summed E-state index contributed by atoms with van der Waals surface area (Å²) in [6, 6.07) is 8.95. The molecule has 23 heavy (non-hydrogen) atoms. The summed E-state index contributed by atoms with van der Waals surface area (Å²) >= 11 is 0. The highest BCUT2D eigenvalue weighted by atomic mass is 32.2. The van der Waals surface area contributed by atoms with Gasteiger partial charge in [0.25, 0.3) is 10.0 Å². The van der Waals surface area contributed by atoms with Gasteiger partial charge in [0.2, 0.25) is 0 Å². The third kappa shape index (κ3) is 2.59. The summed E-state index contributed by atoms with van der Waals surface area (Å²) in [5, 5.41) is 10.2. The fourth-order valence-corrected chi connectivity index (χ4v) is 5.49. The Balaban J connectivity index is 2.21. The maximum absolute atomic E-state index is 13.3. The van der Waals surface area contributed by atoms with Crippen LogP contribution in [0.3, 0.4) is 0 Å². The van der Waals surface area contributed by atoms with E-state index in [2.05, 4.69) is 0 Å². The van der Waals surface area contributed by atoms with Crippen molar-refractivity contribution >= 4 is 15.7 Å². The number of phenolic OH excluding ortho intramolecular Hbond substituents is 1. The topological polar surface area (TPSA) is 57.6 Å². The summed E-state index contributed by atoms with van der Waals surface area (Å²) in [7, 11) is -3.70. The zero-order chi connectivity index (χ0) is 16.8.